The average Bonchev–Trinajstić information content (AvgIpc) is 1.57. The van der Waals surface area contributed by atoms with Crippen LogP contribution in [0.15, 0.2) is 0 Å². The lowest BCUT2D eigenvalue weighted by Gasteiger charge is -2.41. The third-order valence-corrected chi connectivity index (χ3v) is 2.15. The summed E-state index contributed by atoms with van der Waals surface area (Å²) in [5.74, 6) is -0.201. The Morgan fingerprint density at radius 1 is 1.60 bits per heavy atom. The molecule has 0 bridgehead atoms. The van der Waals surface area contributed by atoms with Gasteiger partial charge < -0.3 is 5.11 Å². The number of carboxylic acid groups (broad SMARTS) is 1. The molecule has 58 valence electrons. The van der Waals surface area contributed by atoms with Gasteiger partial charge in [0.05, 0.1) is 0 Å². The minimum Gasteiger partial charge on any atom is -0.481 e. The van der Waals surface area contributed by atoms with Crippen molar-refractivity contribution in [3.8, 4) is 0 Å². The standard InChI is InChI=1S/C8H14O2/c1-8(2)4-6(5-8)3-7(9)10/h6H,3-5H2,1-2H3,(H,9,10). The van der Waals surface area contributed by atoms with Crippen LogP contribution in [0, 0.1) is 11.3 Å². The molecule has 1 fully saturated rings. The van der Waals surface area contributed by atoms with E-state index < -0.39 is 5.97 Å². The van der Waals surface area contributed by atoms with Gasteiger partial charge in [-0.1, -0.05) is 13.8 Å². The summed E-state index contributed by atoms with van der Waals surface area (Å²) in [4.78, 5) is 10.2. The maximum atomic E-state index is 10.2. The summed E-state index contributed by atoms with van der Waals surface area (Å²) in [6.07, 6.45) is 2.53. The van der Waals surface area contributed by atoms with E-state index in [1.807, 2.05) is 0 Å². The number of carboxylic acids is 1. The van der Waals surface area contributed by atoms with Crippen LogP contribution in [0.2, 0.25) is 0 Å². The summed E-state index contributed by atoms with van der Waals surface area (Å²) in [5.41, 5.74) is 0.417. The van der Waals surface area contributed by atoms with Crippen molar-refractivity contribution in [3.63, 3.8) is 0 Å². The zero-order valence-electron chi connectivity index (χ0n) is 6.55. The van der Waals surface area contributed by atoms with E-state index in [1.54, 1.807) is 0 Å². The van der Waals surface area contributed by atoms with Crippen LogP contribution in [0.25, 0.3) is 0 Å². The molecule has 1 N–H and O–H groups in total. The minimum absolute atomic E-state index is 0.365. The molecule has 0 aromatic rings. The number of hydrogen-bond acceptors (Lipinski definition) is 1. The molecule has 2 nitrogen and oxygen atoms in total. The third-order valence-electron chi connectivity index (χ3n) is 2.15. The molecule has 0 radical (unpaired) electrons. The number of aliphatic carboxylic acids is 1. The first-order valence-electron chi connectivity index (χ1n) is 3.71. The predicted octanol–water partition coefficient (Wildman–Crippen LogP) is 1.90. The molecule has 1 aliphatic rings. The van der Waals surface area contributed by atoms with E-state index in [1.165, 1.54) is 0 Å². The van der Waals surface area contributed by atoms with E-state index in [2.05, 4.69) is 13.8 Å². The minimum atomic E-state index is -0.652. The molecule has 1 saturated carbocycles. The van der Waals surface area contributed by atoms with Crippen LogP contribution in [-0.2, 0) is 4.79 Å². The van der Waals surface area contributed by atoms with Crippen molar-refractivity contribution in [3.05, 3.63) is 0 Å². The molecule has 0 saturated heterocycles. The Kier molecular flexibility index (Phi) is 1.71. The normalized spacial score (nSPS) is 23.8. The molecule has 0 atom stereocenters. The first-order chi connectivity index (χ1) is 4.49. The molecule has 10 heavy (non-hydrogen) atoms. The molecule has 0 amide bonds. The van der Waals surface area contributed by atoms with Crippen LogP contribution in [-0.4, -0.2) is 11.1 Å². The van der Waals surface area contributed by atoms with E-state index in [0.29, 0.717) is 17.8 Å². The Morgan fingerprint density at radius 2 is 2.10 bits per heavy atom. The first-order valence-corrected chi connectivity index (χ1v) is 3.71. The fourth-order valence-corrected chi connectivity index (χ4v) is 1.89. The van der Waals surface area contributed by atoms with Crippen LogP contribution in [0.5, 0.6) is 0 Å². The molecule has 1 rings (SSSR count). The van der Waals surface area contributed by atoms with Crippen molar-refractivity contribution in [2.24, 2.45) is 11.3 Å². The largest absolute Gasteiger partial charge is 0.481 e. The van der Waals surface area contributed by atoms with E-state index in [9.17, 15) is 4.79 Å². The van der Waals surface area contributed by atoms with Crippen molar-refractivity contribution in [2.75, 3.05) is 0 Å². The van der Waals surface area contributed by atoms with Crippen molar-refractivity contribution < 1.29 is 9.90 Å². The number of carbonyl (C=O) groups is 1. The molecule has 2 heteroatoms. The average molecular weight is 142 g/mol. The van der Waals surface area contributed by atoms with Crippen LogP contribution >= 0.6 is 0 Å². The molecular weight excluding hydrogens is 128 g/mol. The summed E-state index contributed by atoms with van der Waals surface area (Å²) < 4.78 is 0. The Morgan fingerprint density at radius 3 is 2.40 bits per heavy atom. The second-order valence-corrected chi connectivity index (χ2v) is 4.04. The maximum Gasteiger partial charge on any atom is 0.303 e. The molecule has 0 aromatic carbocycles. The van der Waals surface area contributed by atoms with Gasteiger partial charge in [0, 0.05) is 6.42 Å². The van der Waals surface area contributed by atoms with Crippen LogP contribution in [0.4, 0.5) is 0 Å². The van der Waals surface area contributed by atoms with Crippen molar-refractivity contribution in [2.45, 2.75) is 33.1 Å². The highest BCUT2D eigenvalue weighted by molar-refractivity contribution is 5.67. The van der Waals surface area contributed by atoms with Crippen molar-refractivity contribution >= 4 is 5.97 Å². The molecular formula is C8H14O2. The SMILES string of the molecule is CC1(C)CC(CC(=O)O)C1. The number of hydrogen-bond donors (Lipinski definition) is 1. The van der Waals surface area contributed by atoms with Gasteiger partial charge in [-0.2, -0.15) is 0 Å². The highest BCUT2D eigenvalue weighted by Crippen LogP contribution is 2.46. The summed E-state index contributed by atoms with van der Waals surface area (Å²) in [6, 6.07) is 0. The van der Waals surface area contributed by atoms with E-state index >= 15 is 0 Å². The van der Waals surface area contributed by atoms with Crippen LogP contribution in [0.1, 0.15) is 33.1 Å². The Hall–Kier alpha value is -0.530. The van der Waals surface area contributed by atoms with Gasteiger partial charge in [-0.05, 0) is 24.2 Å². The Labute approximate surface area is 61.2 Å². The van der Waals surface area contributed by atoms with Crippen molar-refractivity contribution in [1.82, 2.24) is 0 Å². The van der Waals surface area contributed by atoms with Gasteiger partial charge in [-0.15, -0.1) is 0 Å². The summed E-state index contributed by atoms with van der Waals surface area (Å²) in [5, 5.41) is 8.42. The maximum absolute atomic E-state index is 10.2. The van der Waals surface area contributed by atoms with Gasteiger partial charge in [0.25, 0.3) is 0 Å². The lowest BCUT2D eigenvalue weighted by molar-refractivity contribution is -0.139. The molecule has 0 unspecified atom stereocenters. The van der Waals surface area contributed by atoms with E-state index in [0.717, 1.165) is 12.8 Å². The van der Waals surface area contributed by atoms with Gasteiger partial charge in [0.15, 0.2) is 0 Å². The summed E-state index contributed by atoms with van der Waals surface area (Å²) in [6.45, 7) is 4.37. The molecule has 0 heterocycles. The topological polar surface area (TPSA) is 37.3 Å². The Bertz CT molecular complexity index is 141. The lowest BCUT2D eigenvalue weighted by atomic mass is 9.63. The number of rotatable bonds is 2. The third kappa shape index (κ3) is 1.72. The van der Waals surface area contributed by atoms with Gasteiger partial charge >= 0.3 is 5.97 Å². The summed E-state index contributed by atoms with van der Waals surface area (Å²) >= 11 is 0. The van der Waals surface area contributed by atoms with Crippen molar-refractivity contribution in [1.29, 1.82) is 0 Å². The van der Waals surface area contributed by atoms with E-state index in [4.69, 9.17) is 5.11 Å². The van der Waals surface area contributed by atoms with Gasteiger partial charge in [-0.25, -0.2) is 0 Å². The fourth-order valence-electron chi connectivity index (χ4n) is 1.89. The predicted molar refractivity (Wildman–Crippen MR) is 38.8 cm³/mol. The zero-order chi connectivity index (χ0) is 7.78. The van der Waals surface area contributed by atoms with Gasteiger partial charge in [0.2, 0.25) is 0 Å². The summed E-state index contributed by atoms with van der Waals surface area (Å²) in [7, 11) is 0. The highest BCUT2D eigenvalue weighted by Gasteiger charge is 2.36. The van der Waals surface area contributed by atoms with Crippen LogP contribution in [0.3, 0.4) is 0 Å². The second-order valence-electron chi connectivity index (χ2n) is 4.04. The molecule has 0 aliphatic heterocycles. The van der Waals surface area contributed by atoms with Crippen LogP contribution < -0.4 is 0 Å². The van der Waals surface area contributed by atoms with Gasteiger partial charge in [0.1, 0.15) is 0 Å². The molecule has 1 aliphatic carbocycles. The van der Waals surface area contributed by atoms with Gasteiger partial charge in [-0.3, -0.25) is 4.79 Å². The monoisotopic (exact) mass is 142 g/mol. The smallest absolute Gasteiger partial charge is 0.303 e. The highest BCUT2D eigenvalue weighted by atomic mass is 16.4. The quantitative estimate of drug-likeness (QED) is 0.639. The zero-order valence-corrected chi connectivity index (χ0v) is 6.55. The lowest BCUT2D eigenvalue weighted by Crippen LogP contribution is -2.32. The first kappa shape index (κ1) is 7.58. The second kappa shape index (κ2) is 2.26. The fraction of sp³-hybridized carbons (Fsp3) is 0.875. The molecule has 0 aromatic heterocycles. The Balaban J connectivity index is 2.21. The van der Waals surface area contributed by atoms with E-state index in [-0.39, 0.29) is 0 Å². The molecule has 0 spiro atoms.